The number of rotatable bonds is 11. The highest BCUT2D eigenvalue weighted by Crippen LogP contribution is 2.07. The average molecular weight is 318 g/mol. The van der Waals surface area contributed by atoms with Crippen LogP contribution in [0.4, 0.5) is 0 Å². The van der Waals surface area contributed by atoms with E-state index in [-0.39, 0.29) is 17.5 Å². The molecule has 122 valence electrons. The van der Waals surface area contributed by atoms with E-state index in [1.807, 2.05) is 20.8 Å². The third-order valence-corrected chi connectivity index (χ3v) is 4.17. The predicted octanol–water partition coefficient (Wildman–Crippen LogP) is 0.586. The first-order valence-corrected chi connectivity index (χ1v) is 8.78. The van der Waals surface area contributed by atoms with E-state index in [0.29, 0.717) is 13.2 Å². The molecule has 7 nitrogen and oxygen atoms in total. The summed E-state index contributed by atoms with van der Waals surface area (Å²) in [7, 11) is -3.50. The molecule has 21 heavy (non-hydrogen) atoms. The second-order valence-electron chi connectivity index (χ2n) is 4.96. The Bertz CT molecular complexity index is 499. The van der Waals surface area contributed by atoms with E-state index in [2.05, 4.69) is 15.1 Å². The van der Waals surface area contributed by atoms with E-state index in [9.17, 15) is 8.42 Å². The topological polar surface area (TPSA) is 85.2 Å². The Morgan fingerprint density at radius 2 is 2.14 bits per heavy atom. The van der Waals surface area contributed by atoms with Crippen molar-refractivity contribution in [3.8, 4) is 0 Å². The van der Waals surface area contributed by atoms with Gasteiger partial charge in [0, 0.05) is 19.3 Å². The predicted molar refractivity (Wildman–Crippen MR) is 81.7 cm³/mol. The first-order chi connectivity index (χ1) is 9.95. The molecule has 0 saturated carbocycles. The summed E-state index contributed by atoms with van der Waals surface area (Å²) in [5.74, 6) is 0. The van der Waals surface area contributed by atoms with E-state index in [1.54, 1.807) is 10.9 Å². The smallest absolute Gasteiger partial charge is 0.243 e. The van der Waals surface area contributed by atoms with Crippen molar-refractivity contribution in [1.29, 1.82) is 0 Å². The van der Waals surface area contributed by atoms with Crippen LogP contribution < -0.4 is 10.0 Å². The molecule has 1 rings (SSSR count). The summed E-state index contributed by atoms with van der Waals surface area (Å²) < 4.78 is 33.5. The van der Waals surface area contributed by atoms with Crippen molar-refractivity contribution in [2.75, 3.05) is 26.2 Å². The summed E-state index contributed by atoms with van der Waals surface area (Å²) >= 11 is 0. The van der Waals surface area contributed by atoms with Gasteiger partial charge in [0.1, 0.15) is 4.90 Å². The molecule has 0 aliphatic carbocycles. The quantitative estimate of drug-likeness (QED) is 0.583. The average Bonchev–Trinajstić information content (AvgIpc) is 2.89. The van der Waals surface area contributed by atoms with Crippen LogP contribution in [0.15, 0.2) is 17.3 Å². The first kappa shape index (κ1) is 18.1. The Balaban J connectivity index is 2.42. The normalized spacial score (nSPS) is 12.2. The second-order valence-corrected chi connectivity index (χ2v) is 6.73. The van der Waals surface area contributed by atoms with Gasteiger partial charge in [-0.2, -0.15) is 5.10 Å². The van der Waals surface area contributed by atoms with Gasteiger partial charge in [-0.1, -0.05) is 6.92 Å². The minimum absolute atomic E-state index is 0.0917. The minimum Gasteiger partial charge on any atom is -0.377 e. The summed E-state index contributed by atoms with van der Waals surface area (Å²) in [4.78, 5) is 0.190. The molecular weight excluding hydrogens is 292 g/mol. The zero-order valence-electron chi connectivity index (χ0n) is 13.0. The number of nitrogens with one attached hydrogen (secondary N) is 2. The maximum absolute atomic E-state index is 12.0. The molecule has 0 fully saturated rings. The van der Waals surface area contributed by atoms with Gasteiger partial charge in [0.05, 0.1) is 18.9 Å². The molecule has 0 saturated heterocycles. The van der Waals surface area contributed by atoms with Crippen molar-refractivity contribution >= 4 is 10.0 Å². The standard InChI is InChI=1S/C13H26N4O3S/c1-4-14-6-5-8-17-11-13(10-15-17)21(18,19)16-7-9-20-12(2)3/h10-12,14,16H,4-9H2,1-3H3. The van der Waals surface area contributed by atoms with Gasteiger partial charge in [-0.15, -0.1) is 0 Å². The number of aryl methyl sites for hydroxylation is 1. The molecule has 0 unspecified atom stereocenters. The summed E-state index contributed by atoms with van der Waals surface area (Å²) in [6.07, 6.45) is 3.93. The van der Waals surface area contributed by atoms with Crippen molar-refractivity contribution in [3.05, 3.63) is 12.4 Å². The Kier molecular flexibility index (Phi) is 7.87. The molecule has 8 heteroatoms. The van der Waals surface area contributed by atoms with Crippen molar-refractivity contribution in [2.45, 2.75) is 44.7 Å². The molecule has 0 bridgehead atoms. The van der Waals surface area contributed by atoms with E-state index in [0.717, 1.165) is 19.5 Å². The van der Waals surface area contributed by atoms with Gasteiger partial charge in [-0.3, -0.25) is 4.68 Å². The Morgan fingerprint density at radius 3 is 2.81 bits per heavy atom. The highest BCUT2D eigenvalue weighted by atomic mass is 32.2. The summed E-state index contributed by atoms with van der Waals surface area (Å²) in [5, 5.41) is 7.29. The van der Waals surface area contributed by atoms with Gasteiger partial charge < -0.3 is 10.1 Å². The van der Waals surface area contributed by atoms with Gasteiger partial charge in [0.2, 0.25) is 10.0 Å². The zero-order valence-corrected chi connectivity index (χ0v) is 13.8. The molecule has 0 aliphatic heterocycles. The molecular formula is C13H26N4O3S. The number of hydrogen-bond donors (Lipinski definition) is 2. The van der Waals surface area contributed by atoms with Crippen LogP contribution in [0.2, 0.25) is 0 Å². The van der Waals surface area contributed by atoms with Crippen LogP contribution in [0.25, 0.3) is 0 Å². The third kappa shape index (κ3) is 7.03. The van der Waals surface area contributed by atoms with Gasteiger partial charge in [0.25, 0.3) is 0 Å². The molecule has 0 radical (unpaired) electrons. The van der Waals surface area contributed by atoms with Crippen LogP contribution in [-0.4, -0.2) is 50.5 Å². The molecule has 1 heterocycles. The van der Waals surface area contributed by atoms with Crippen LogP contribution in [0, 0.1) is 0 Å². The lowest BCUT2D eigenvalue weighted by Gasteiger charge is -2.08. The van der Waals surface area contributed by atoms with E-state index in [4.69, 9.17) is 4.74 Å². The molecule has 0 amide bonds. The largest absolute Gasteiger partial charge is 0.377 e. The Hall–Kier alpha value is -0.960. The van der Waals surface area contributed by atoms with Gasteiger partial charge in [-0.25, -0.2) is 13.1 Å². The SMILES string of the molecule is CCNCCCn1cc(S(=O)(=O)NCCOC(C)C)cn1. The molecule has 0 atom stereocenters. The summed E-state index contributed by atoms with van der Waals surface area (Å²) in [6, 6.07) is 0. The zero-order chi connectivity index (χ0) is 15.7. The van der Waals surface area contributed by atoms with Crippen LogP contribution in [0.1, 0.15) is 27.2 Å². The fraction of sp³-hybridized carbons (Fsp3) is 0.769. The summed E-state index contributed by atoms with van der Waals surface area (Å²) in [6.45, 7) is 8.99. The van der Waals surface area contributed by atoms with Crippen molar-refractivity contribution in [2.24, 2.45) is 0 Å². The molecule has 1 aromatic heterocycles. The van der Waals surface area contributed by atoms with Crippen LogP contribution >= 0.6 is 0 Å². The van der Waals surface area contributed by atoms with E-state index >= 15 is 0 Å². The highest BCUT2D eigenvalue weighted by Gasteiger charge is 2.15. The molecule has 2 N–H and O–H groups in total. The Labute approximate surface area is 127 Å². The number of ether oxygens (including phenoxy) is 1. The Morgan fingerprint density at radius 1 is 1.38 bits per heavy atom. The molecule has 0 aromatic carbocycles. The van der Waals surface area contributed by atoms with Crippen LogP contribution in [0.3, 0.4) is 0 Å². The molecule has 1 aromatic rings. The first-order valence-electron chi connectivity index (χ1n) is 7.30. The lowest BCUT2D eigenvalue weighted by molar-refractivity contribution is 0.0834. The van der Waals surface area contributed by atoms with E-state index < -0.39 is 10.0 Å². The van der Waals surface area contributed by atoms with E-state index in [1.165, 1.54) is 6.20 Å². The van der Waals surface area contributed by atoms with Gasteiger partial charge >= 0.3 is 0 Å². The minimum atomic E-state index is -3.50. The number of sulfonamides is 1. The van der Waals surface area contributed by atoms with Crippen LogP contribution in [-0.2, 0) is 21.3 Å². The highest BCUT2D eigenvalue weighted by molar-refractivity contribution is 7.89. The van der Waals surface area contributed by atoms with Crippen LogP contribution in [0.5, 0.6) is 0 Å². The fourth-order valence-electron chi connectivity index (χ4n) is 1.70. The number of aromatic nitrogens is 2. The van der Waals surface area contributed by atoms with Crippen molar-refractivity contribution < 1.29 is 13.2 Å². The van der Waals surface area contributed by atoms with Crippen molar-refractivity contribution in [1.82, 2.24) is 19.8 Å². The summed E-state index contributed by atoms with van der Waals surface area (Å²) in [5.41, 5.74) is 0. The maximum Gasteiger partial charge on any atom is 0.243 e. The second kappa shape index (κ2) is 9.14. The third-order valence-electron chi connectivity index (χ3n) is 2.76. The number of nitrogens with zero attached hydrogens (tertiary/aromatic N) is 2. The molecule has 0 spiro atoms. The van der Waals surface area contributed by atoms with Gasteiger partial charge in [-0.05, 0) is 33.4 Å². The maximum atomic E-state index is 12.0. The number of hydrogen-bond acceptors (Lipinski definition) is 5. The molecule has 0 aliphatic rings. The van der Waals surface area contributed by atoms with Crippen molar-refractivity contribution in [3.63, 3.8) is 0 Å². The lowest BCUT2D eigenvalue weighted by Crippen LogP contribution is -2.28. The lowest BCUT2D eigenvalue weighted by atomic mass is 10.4. The van der Waals surface area contributed by atoms with Gasteiger partial charge in [0.15, 0.2) is 0 Å². The fourth-order valence-corrected chi connectivity index (χ4v) is 2.67. The monoisotopic (exact) mass is 318 g/mol.